The molecule has 4 nitrogen and oxygen atoms in total. The van der Waals surface area contributed by atoms with Gasteiger partial charge in [0.1, 0.15) is 5.69 Å². The summed E-state index contributed by atoms with van der Waals surface area (Å²) in [6.07, 6.45) is -2.82. The summed E-state index contributed by atoms with van der Waals surface area (Å²) in [7, 11) is 1.04. The summed E-state index contributed by atoms with van der Waals surface area (Å²) in [5.74, 6) is 0. The molecule has 1 heterocycles. The van der Waals surface area contributed by atoms with Gasteiger partial charge in [-0.25, -0.2) is 17.2 Å². The van der Waals surface area contributed by atoms with Crippen molar-refractivity contribution in [2.24, 2.45) is 0 Å². The molecule has 15 heavy (non-hydrogen) atoms. The molecule has 0 unspecified atom stereocenters. The standard InChI is InChI=1S/C7H9ClF2N2O2S/c1-4(2)12-6(15(8,13)14)3-5(11-12)7(9)10/h3-4,7H,1-2H3. The van der Waals surface area contributed by atoms with E-state index in [-0.39, 0.29) is 6.04 Å². The third kappa shape index (κ3) is 2.66. The first-order chi connectivity index (χ1) is 6.73. The van der Waals surface area contributed by atoms with Gasteiger partial charge in [-0.05, 0) is 13.8 Å². The summed E-state index contributed by atoms with van der Waals surface area (Å²) in [5, 5.41) is 3.07. The summed E-state index contributed by atoms with van der Waals surface area (Å²) in [5.41, 5.74) is -0.595. The molecule has 86 valence electrons. The third-order valence-electron chi connectivity index (χ3n) is 1.68. The molecule has 0 radical (unpaired) electrons. The fourth-order valence-electron chi connectivity index (χ4n) is 1.05. The lowest BCUT2D eigenvalue weighted by Crippen LogP contribution is -2.09. The summed E-state index contributed by atoms with van der Waals surface area (Å²) in [6, 6.07) is 0.425. The lowest BCUT2D eigenvalue weighted by Gasteiger charge is -2.07. The number of halogens is 3. The minimum atomic E-state index is -4.05. The molecular formula is C7H9ClF2N2O2S. The Labute approximate surface area is 90.3 Å². The van der Waals surface area contributed by atoms with Gasteiger partial charge >= 0.3 is 0 Å². The molecule has 0 atom stereocenters. The van der Waals surface area contributed by atoms with Crippen molar-refractivity contribution in [2.45, 2.75) is 31.3 Å². The summed E-state index contributed by atoms with van der Waals surface area (Å²) < 4.78 is 47.7. The largest absolute Gasteiger partial charge is 0.282 e. The molecule has 0 aliphatic rings. The van der Waals surface area contributed by atoms with Crippen LogP contribution in [0.3, 0.4) is 0 Å². The van der Waals surface area contributed by atoms with E-state index in [2.05, 4.69) is 5.10 Å². The van der Waals surface area contributed by atoms with Crippen LogP contribution in [0.4, 0.5) is 8.78 Å². The monoisotopic (exact) mass is 258 g/mol. The van der Waals surface area contributed by atoms with Gasteiger partial charge in [0.15, 0.2) is 5.03 Å². The zero-order valence-corrected chi connectivity index (χ0v) is 9.56. The van der Waals surface area contributed by atoms with Crippen molar-refractivity contribution < 1.29 is 17.2 Å². The number of nitrogens with zero attached hydrogens (tertiary/aromatic N) is 2. The van der Waals surface area contributed by atoms with Crippen molar-refractivity contribution in [3.05, 3.63) is 11.8 Å². The predicted octanol–water partition coefficient (Wildman–Crippen LogP) is 2.33. The van der Waals surface area contributed by atoms with Gasteiger partial charge < -0.3 is 0 Å². The lowest BCUT2D eigenvalue weighted by atomic mass is 10.4. The van der Waals surface area contributed by atoms with Crippen molar-refractivity contribution in [1.82, 2.24) is 9.78 Å². The second kappa shape index (κ2) is 4.05. The number of rotatable bonds is 3. The highest BCUT2D eigenvalue weighted by atomic mass is 35.7. The Balaban J connectivity index is 3.37. The molecule has 0 aliphatic carbocycles. The molecule has 1 aromatic rings. The molecule has 1 rings (SSSR count). The Morgan fingerprint density at radius 1 is 1.47 bits per heavy atom. The van der Waals surface area contributed by atoms with Crippen LogP contribution in [0.25, 0.3) is 0 Å². The maximum Gasteiger partial charge on any atom is 0.282 e. The van der Waals surface area contributed by atoms with Gasteiger partial charge in [-0.1, -0.05) is 0 Å². The quantitative estimate of drug-likeness (QED) is 0.782. The van der Waals surface area contributed by atoms with E-state index in [1.165, 1.54) is 0 Å². The molecule has 1 aromatic heterocycles. The Kier molecular flexibility index (Phi) is 3.34. The lowest BCUT2D eigenvalue weighted by molar-refractivity contribution is 0.144. The zero-order chi connectivity index (χ0) is 11.8. The summed E-state index contributed by atoms with van der Waals surface area (Å²) in [4.78, 5) is 0. The smallest absolute Gasteiger partial charge is 0.250 e. The summed E-state index contributed by atoms with van der Waals surface area (Å²) >= 11 is 0. The van der Waals surface area contributed by atoms with Gasteiger partial charge in [-0.2, -0.15) is 5.10 Å². The van der Waals surface area contributed by atoms with Crippen molar-refractivity contribution >= 4 is 19.7 Å². The Bertz CT molecular complexity index is 456. The van der Waals surface area contributed by atoms with E-state index in [0.29, 0.717) is 0 Å². The SMILES string of the molecule is CC(C)n1nc(C(F)F)cc1S(=O)(=O)Cl. The number of hydrogen-bond donors (Lipinski definition) is 0. The first-order valence-electron chi connectivity index (χ1n) is 4.05. The van der Waals surface area contributed by atoms with Crippen molar-refractivity contribution in [3.8, 4) is 0 Å². The van der Waals surface area contributed by atoms with Crippen LogP contribution in [-0.4, -0.2) is 18.2 Å². The second-order valence-electron chi connectivity index (χ2n) is 3.18. The highest BCUT2D eigenvalue weighted by Gasteiger charge is 2.24. The molecule has 0 saturated carbocycles. The Morgan fingerprint density at radius 2 is 2.00 bits per heavy atom. The molecular weight excluding hydrogens is 250 g/mol. The fourth-order valence-corrected chi connectivity index (χ4v) is 2.14. The van der Waals surface area contributed by atoms with Gasteiger partial charge in [0.25, 0.3) is 15.5 Å². The first kappa shape index (κ1) is 12.4. The van der Waals surface area contributed by atoms with E-state index in [0.717, 1.165) is 10.7 Å². The van der Waals surface area contributed by atoms with Crippen LogP contribution in [0.5, 0.6) is 0 Å². The number of aromatic nitrogens is 2. The molecule has 0 aliphatic heterocycles. The minimum absolute atomic E-state index is 0.360. The summed E-state index contributed by atoms with van der Waals surface area (Å²) in [6.45, 7) is 3.24. The zero-order valence-electron chi connectivity index (χ0n) is 7.99. The molecule has 0 N–H and O–H groups in total. The fraction of sp³-hybridized carbons (Fsp3) is 0.571. The molecule has 0 saturated heterocycles. The third-order valence-corrected chi connectivity index (χ3v) is 2.96. The van der Waals surface area contributed by atoms with E-state index in [9.17, 15) is 17.2 Å². The van der Waals surface area contributed by atoms with Crippen LogP contribution in [0.2, 0.25) is 0 Å². The van der Waals surface area contributed by atoms with E-state index < -0.39 is 26.2 Å². The number of alkyl halides is 2. The van der Waals surface area contributed by atoms with Crippen LogP contribution in [-0.2, 0) is 9.05 Å². The van der Waals surface area contributed by atoms with Crippen LogP contribution in [0.1, 0.15) is 32.0 Å². The molecule has 0 spiro atoms. The van der Waals surface area contributed by atoms with Crippen molar-refractivity contribution in [1.29, 1.82) is 0 Å². The maximum absolute atomic E-state index is 12.3. The highest BCUT2D eigenvalue weighted by Crippen LogP contribution is 2.25. The Hall–Kier alpha value is -0.690. The Morgan fingerprint density at radius 3 is 2.27 bits per heavy atom. The molecule has 0 bridgehead atoms. The van der Waals surface area contributed by atoms with Crippen LogP contribution in [0, 0.1) is 0 Å². The second-order valence-corrected chi connectivity index (χ2v) is 5.70. The van der Waals surface area contributed by atoms with Gasteiger partial charge in [-0.15, -0.1) is 0 Å². The van der Waals surface area contributed by atoms with E-state index in [1.54, 1.807) is 13.8 Å². The number of hydrogen-bond acceptors (Lipinski definition) is 3. The van der Waals surface area contributed by atoms with Gasteiger partial charge in [-0.3, -0.25) is 4.68 Å². The van der Waals surface area contributed by atoms with Gasteiger partial charge in [0, 0.05) is 22.8 Å². The van der Waals surface area contributed by atoms with Crippen LogP contribution < -0.4 is 0 Å². The molecule has 0 amide bonds. The molecule has 0 aromatic carbocycles. The van der Waals surface area contributed by atoms with E-state index in [4.69, 9.17) is 10.7 Å². The van der Waals surface area contributed by atoms with Crippen molar-refractivity contribution in [2.75, 3.05) is 0 Å². The van der Waals surface area contributed by atoms with Gasteiger partial charge in [0.05, 0.1) is 0 Å². The average Bonchev–Trinajstić information content (AvgIpc) is 2.45. The van der Waals surface area contributed by atoms with Gasteiger partial charge in [0.2, 0.25) is 0 Å². The van der Waals surface area contributed by atoms with E-state index >= 15 is 0 Å². The molecule has 8 heteroatoms. The topological polar surface area (TPSA) is 52.0 Å². The van der Waals surface area contributed by atoms with Crippen LogP contribution >= 0.6 is 10.7 Å². The average molecular weight is 259 g/mol. The first-order valence-corrected chi connectivity index (χ1v) is 6.36. The van der Waals surface area contributed by atoms with Crippen LogP contribution in [0.15, 0.2) is 11.1 Å². The highest BCUT2D eigenvalue weighted by molar-refractivity contribution is 8.13. The van der Waals surface area contributed by atoms with E-state index in [1.807, 2.05) is 0 Å². The minimum Gasteiger partial charge on any atom is -0.250 e. The molecule has 0 fully saturated rings. The van der Waals surface area contributed by atoms with Crippen molar-refractivity contribution in [3.63, 3.8) is 0 Å². The maximum atomic E-state index is 12.3. The normalized spacial score (nSPS) is 12.7. The predicted molar refractivity (Wildman–Crippen MR) is 50.6 cm³/mol.